The fraction of sp³-hybridized carbons (Fsp3) is 0.318. The molecule has 1 amide bonds. The first kappa shape index (κ1) is 21.5. The van der Waals surface area contributed by atoms with Crippen LogP contribution >= 0.6 is 23.5 Å². The van der Waals surface area contributed by atoms with E-state index in [9.17, 15) is 9.59 Å². The van der Waals surface area contributed by atoms with Gasteiger partial charge in [0, 0.05) is 17.1 Å². The van der Waals surface area contributed by atoms with E-state index in [4.69, 9.17) is 0 Å². The van der Waals surface area contributed by atoms with Crippen molar-refractivity contribution in [3.63, 3.8) is 0 Å². The van der Waals surface area contributed by atoms with Crippen molar-refractivity contribution in [2.24, 2.45) is 5.92 Å². The smallest absolute Gasteiger partial charge is 0.262 e. The summed E-state index contributed by atoms with van der Waals surface area (Å²) in [5.74, 6) is 0.542. The molecule has 0 unspecified atom stereocenters. The average molecular weight is 428 g/mol. The van der Waals surface area contributed by atoms with E-state index < -0.39 is 0 Å². The zero-order chi connectivity index (χ0) is 20.8. The summed E-state index contributed by atoms with van der Waals surface area (Å²) in [6, 6.07) is 15.1. The highest BCUT2D eigenvalue weighted by Crippen LogP contribution is 2.21. The van der Waals surface area contributed by atoms with E-state index in [0.29, 0.717) is 28.5 Å². The molecule has 0 aliphatic heterocycles. The molecule has 1 heterocycles. The number of amides is 1. The zero-order valence-corrected chi connectivity index (χ0v) is 18.5. The maximum atomic E-state index is 13.0. The van der Waals surface area contributed by atoms with Gasteiger partial charge in [0.1, 0.15) is 0 Å². The lowest BCUT2D eigenvalue weighted by Crippen LogP contribution is -2.25. The van der Waals surface area contributed by atoms with E-state index in [-0.39, 0.29) is 17.2 Å². The number of para-hydroxylation sites is 1. The standard InChI is InChI=1S/C22H25N3O2S2/c1-15(2)11-12-25-21(27)18-9-4-5-10-19(18)24-22(25)29-14-20(26)23-16-7-6-8-17(13-16)28-3/h4-10,13,15H,11-12,14H2,1-3H3,(H,23,26). The number of carbonyl (C=O) groups is 1. The summed E-state index contributed by atoms with van der Waals surface area (Å²) in [6.07, 6.45) is 2.87. The Morgan fingerprint density at radius 2 is 1.97 bits per heavy atom. The number of hydrogen-bond donors (Lipinski definition) is 1. The Bertz CT molecular complexity index is 1060. The van der Waals surface area contributed by atoms with Gasteiger partial charge in [0.05, 0.1) is 16.7 Å². The third-order valence-electron chi connectivity index (χ3n) is 4.44. The van der Waals surface area contributed by atoms with Crippen LogP contribution in [-0.4, -0.2) is 27.5 Å². The van der Waals surface area contributed by atoms with Crippen molar-refractivity contribution in [1.82, 2.24) is 9.55 Å². The van der Waals surface area contributed by atoms with Crippen molar-refractivity contribution in [3.8, 4) is 0 Å². The van der Waals surface area contributed by atoms with Gasteiger partial charge in [-0.3, -0.25) is 14.2 Å². The SMILES string of the molecule is CSc1cccc(NC(=O)CSc2nc3ccccc3c(=O)n2CCC(C)C)c1. The normalized spacial score (nSPS) is 11.2. The second-order valence-electron chi connectivity index (χ2n) is 7.12. The summed E-state index contributed by atoms with van der Waals surface area (Å²) in [5.41, 5.74) is 1.38. The number of thioether (sulfide) groups is 2. The number of anilines is 1. The Morgan fingerprint density at radius 1 is 1.17 bits per heavy atom. The highest BCUT2D eigenvalue weighted by Gasteiger charge is 2.14. The Hall–Kier alpha value is -2.25. The van der Waals surface area contributed by atoms with E-state index in [1.54, 1.807) is 22.4 Å². The maximum absolute atomic E-state index is 13.0. The minimum Gasteiger partial charge on any atom is -0.325 e. The van der Waals surface area contributed by atoms with Crippen LogP contribution in [0.4, 0.5) is 5.69 Å². The van der Waals surface area contributed by atoms with Crippen LogP contribution in [0.2, 0.25) is 0 Å². The quantitative estimate of drug-likeness (QED) is 0.409. The lowest BCUT2D eigenvalue weighted by Gasteiger charge is -2.14. The van der Waals surface area contributed by atoms with E-state index >= 15 is 0 Å². The van der Waals surface area contributed by atoms with Crippen LogP contribution in [0.1, 0.15) is 20.3 Å². The number of rotatable bonds is 8. The highest BCUT2D eigenvalue weighted by atomic mass is 32.2. The van der Waals surface area contributed by atoms with Gasteiger partial charge < -0.3 is 5.32 Å². The van der Waals surface area contributed by atoms with Gasteiger partial charge in [-0.2, -0.15) is 0 Å². The average Bonchev–Trinajstić information content (AvgIpc) is 2.71. The van der Waals surface area contributed by atoms with Crippen molar-refractivity contribution in [2.75, 3.05) is 17.3 Å². The molecule has 0 aliphatic carbocycles. The molecule has 1 aromatic heterocycles. The fourth-order valence-electron chi connectivity index (χ4n) is 2.87. The lowest BCUT2D eigenvalue weighted by molar-refractivity contribution is -0.113. The molecule has 0 saturated carbocycles. The van der Waals surface area contributed by atoms with Crippen LogP contribution in [0, 0.1) is 5.92 Å². The molecule has 0 radical (unpaired) electrons. The predicted octanol–water partition coefficient (Wildman–Crippen LogP) is 4.90. The number of nitrogens with zero attached hydrogens (tertiary/aromatic N) is 2. The molecule has 3 aromatic rings. The molecule has 1 N–H and O–H groups in total. The first-order valence-electron chi connectivity index (χ1n) is 9.54. The van der Waals surface area contributed by atoms with E-state index in [0.717, 1.165) is 17.0 Å². The number of fused-ring (bicyclic) bond motifs is 1. The summed E-state index contributed by atoms with van der Waals surface area (Å²) < 4.78 is 1.70. The molecule has 2 aromatic carbocycles. The van der Waals surface area contributed by atoms with E-state index in [2.05, 4.69) is 24.1 Å². The number of hydrogen-bond acceptors (Lipinski definition) is 5. The molecule has 5 nitrogen and oxygen atoms in total. The maximum Gasteiger partial charge on any atom is 0.262 e. The minimum absolute atomic E-state index is 0.0492. The highest BCUT2D eigenvalue weighted by molar-refractivity contribution is 7.99. The summed E-state index contributed by atoms with van der Waals surface area (Å²) >= 11 is 2.93. The Balaban J connectivity index is 1.79. The molecule has 0 aliphatic rings. The molecule has 0 atom stereocenters. The summed E-state index contributed by atoms with van der Waals surface area (Å²) in [7, 11) is 0. The van der Waals surface area contributed by atoms with Gasteiger partial charge in [0.25, 0.3) is 5.56 Å². The van der Waals surface area contributed by atoms with Crippen LogP contribution in [0.5, 0.6) is 0 Å². The van der Waals surface area contributed by atoms with E-state index in [1.165, 1.54) is 11.8 Å². The Morgan fingerprint density at radius 3 is 2.72 bits per heavy atom. The summed E-state index contributed by atoms with van der Waals surface area (Å²) in [4.78, 5) is 31.2. The zero-order valence-electron chi connectivity index (χ0n) is 16.8. The molecular weight excluding hydrogens is 402 g/mol. The third kappa shape index (κ3) is 5.64. The van der Waals surface area contributed by atoms with E-state index in [1.807, 2.05) is 48.7 Å². The largest absolute Gasteiger partial charge is 0.325 e. The van der Waals surface area contributed by atoms with Crippen molar-refractivity contribution in [3.05, 3.63) is 58.9 Å². The van der Waals surface area contributed by atoms with Gasteiger partial charge in [-0.05, 0) is 48.9 Å². The summed E-state index contributed by atoms with van der Waals surface area (Å²) in [6.45, 7) is 4.85. The Kier molecular flexibility index (Phi) is 7.39. The number of benzene rings is 2. The number of nitrogens with one attached hydrogen (secondary N) is 1. The van der Waals surface area contributed by atoms with Crippen molar-refractivity contribution >= 4 is 46.0 Å². The number of carbonyl (C=O) groups excluding carboxylic acids is 1. The van der Waals surface area contributed by atoms with Crippen LogP contribution in [0.15, 0.2) is 63.4 Å². The molecular formula is C22H25N3O2S2. The van der Waals surface area contributed by atoms with Crippen LogP contribution in [-0.2, 0) is 11.3 Å². The van der Waals surface area contributed by atoms with Gasteiger partial charge in [-0.1, -0.05) is 43.8 Å². The van der Waals surface area contributed by atoms with Gasteiger partial charge in [-0.15, -0.1) is 11.8 Å². The third-order valence-corrected chi connectivity index (χ3v) is 6.14. The molecule has 152 valence electrons. The molecule has 0 fully saturated rings. The van der Waals surface area contributed by atoms with Crippen molar-refractivity contribution in [2.45, 2.75) is 36.9 Å². The summed E-state index contributed by atoms with van der Waals surface area (Å²) in [5, 5.41) is 4.12. The molecule has 0 spiro atoms. The van der Waals surface area contributed by atoms with Crippen molar-refractivity contribution < 1.29 is 4.79 Å². The van der Waals surface area contributed by atoms with Gasteiger partial charge in [-0.25, -0.2) is 4.98 Å². The Labute approximate surface area is 179 Å². The van der Waals surface area contributed by atoms with Gasteiger partial charge in [0.2, 0.25) is 5.91 Å². The molecule has 29 heavy (non-hydrogen) atoms. The second kappa shape index (κ2) is 9.98. The topological polar surface area (TPSA) is 64.0 Å². The lowest BCUT2D eigenvalue weighted by atomic mass is 10.1. The first-order chi connectivity index (χ1) is 14.0. The van der Waals surface area contributed by atoms with Crippen LogP contribution in [0.25, 0.3) is 10.9 Å². The van der Waals surface area contributed by atoms with Crippen LogP contribution < -0.4 is 10.9 Å². The van der Waals surface area contributed by atoms with Gasteiger partial charge in [0.15, 0.2) is 5.16 Å². The second-order valence-corrected chi connectivity index (χ2v) is 8.94. The fourth-order valence-corrected chi connectivity index (χ4v) is 4.16. The minimum atomic E-state index is -0.119. The molecule has 0 saturated heterocycles. The molecule has 3 rings (SSSR count). The molecule has 7 heteroatoms. The first-order valence-corrected chi connectivity index (χ1v) is 11.7. The predicted molar refractivity (Wildman–Crippen MR) is 123 cm³/mol. The molecule has 0 bridgehead atoms. The monoisotopic (exact) mass is 427 g/mol. The van der Waals surface area contributed by atoms with Crippen LogP contribution in [0.3, 0.4) is 0 Å². The van der Waals surface area contributed by atoms with Gasteiger partial charge >= 0.3 is 0 Å². The van der Waals surface area contributed by atoms with Crippen molar-refractivity contribution in [1.29, 1.82) is 0 Å². The number of aromatic nitrogens is 2.